The van der Waals surface area contributed by atoms with Gasteiger partial charge in [-0.05, 0) is 42.0 Å². The van der Waals surface area contributed by atoms with Crippen LogP contribution in [0.4, 0.5) is 10.1 Å². The fourth-order valence-corrected chi connectivity index (χ4v) is 1.64. The second-order valence-electron chi connectivity index (χ2n) is 4.09. The number of benzene rings is 2. The first-order valence-corrected chi connectivity index (χ1v) is 5.77. The predicted octanol–water partition coefficient (Wildman–Crippen LogP) is 2.82. The van der Waals surface area contributed by atoms with E-state index >= 15 is 0 Å². The van der Waals surface area contributed by atoms with Crippen LogP contribution in [0.25, 0.3) is 0 Å². The number of hydrogen-bond acceptors (Lipinski definition) is 2. The van der Waals surface area contributed by atoms with Gasteiger partial charge < -0.3 is 5.32 Å². The fraction of sp³-hybridized carbons (Fsp3) is 0.0667. The first-order valence-electron chi connectivity index (χ1n) is 5.77. The Morgan fingerprint density at radius 1 is 1.05 bits per heavy atom. The van der Waals surface area contributed by atoms with Crippen LogP contribution in [0.15, 0.2) is 48.5 Å². The van der Waals surface area contributed by atoms with Gasteiger partial charge in [0.05, 0.1) is 6.42 Å². The lowest BCUT2D eigenvalue weighted by atomic mass is 10.1. The van der Waals surface area contributed by atoms with E-state index in [0.717, 1.165) is 11.8 Å². The minimum atomic E-state index is -0.325. The van der Waals surface area contributed by atoms with E-state index in [9.17, 15) is 14.0 Å². The lowest BCUT2D eigenvalue weighted by Gasteiger charge is -2.05. The zero-order chi connectivity index (χ0) is 13.7. The maximum Gasteiger partial charge on any atom is 0.228 e. The minimum Gasteiger partial charge on any atom is -0.326 e. The number of carbonyl (C=O) groups is 2. The molecule has 3 nitrogen and oxygen atoms in total. The van der Waals surface area contributed by atoms with Gasteiger partial charge in [-0.1, -0.05) is 12.1 Å². The number of amides is 1. The molecular formula is C15H12FNO2. The van der Waals surface area contributed by atoms with E-state index in [1.165, 1.54) is 12.1 Å². The molecule has 0 fully saturated rings. The van der Waals surface area contributed by atoms with Crippen molar-refractivity contribution < 1.29 is 14.0 Å². The van der Waals surface area contributed by atoms with Gasteiger partial charge in [-0.3, -0.25) is 9.59 Å². The van der Waals surface area contributed by atoms with Crippen molar-refractivity contribution in [1.29, 1.82) is 0 Å². The highest BCUT2D eigenvalue weighted by molar-refractivity contribution is 5.92. The Balaban J connectivity index is 1.96. The molecule has 2 aromatic carbocycles. The SMILES string of the molecule is O=Cc1ccc(NC(=O)Cc2ccc(F)cc2)cc1. The largest absolute Gasteiger partial charge is 0.326 e. The molecule has 0 aromatic heterocycles. The Kier molecular flexibility index (Phi) is 4.03. The van der Waals surface area contributed by atoms with Crippen molar-refractivity contribution >= 4 is 17.9 Å². The van der Waals surface area contributed by atoms with Crippen LogP contribution in [0.1, 0.15) is 15.9 Å². The van der Waals surface area contributed by atoms with Crippen LogP contribution >= 0.6 is 0 Å². The number of halogens is 1. The van der Waals surface area contributed by atoms with Crippen LogP contribution in [-0.2, 0) is 11.2 Å². The summed E-state index contributed by atoms with van der Waals surface area (Å²) in [5.74, 6) is -0.515. The van der Waals surface area contributed by atoms with Crippen molar-refractivity contribution in [2.24, 2.45) is 0 Å². The van der Waals surface area contributed by atoms with E-state index in [0.29, 0.717) is 11.3 Å². The van der Waals surface area contributed by atoms with Gasteiger partial charge >= 0.3 is 0 Å². The van der Waals surface area contributed by atoms with Gasteiger partial charge in [0.1, 0.15) is 12.1 Å². The van der Waals surface area contributed by atoms with Crippen LogP contribution in [0.5, 0.6) is 0 Å². The maximum absolute atomic E-state index is 12.7. The summed E-state index contributed by atoms with van der Waals surface area (Å²) in [4.78, 5) is 22.2. The van der Waals surface area contributed by atoms with Gasteiger partial charge in [-0.15, -0.1) is 0 Å². The van der Waals surface area contributed by atoms with E-state index in [2.05, 4.69) is 5.32 Å². The topological polar surface area (TPSA) is 46.2 Å². The van der Waals surface area contributed by atoms with Crippen LogP contribution in [0, 0.1) is 5.82 Å². The van der Waals surface area contributed by atoms with Gasteiger partial charge in [0.2, 0.25) is 5.91 Å². The summed E-state index contributed by atoms with van der Waals surface area (Å²) in [5.41, 5.74) is 1.91. The van der Waals surface area contributed by atoms with E-state index in [1.54, 1.807) is 36.4 Å². The highest BCUT2D eigenvalue weighted by atomic mass is 19.1. The number of carbonyl (C=O) groups excluding carboxylic acids is 2. The lowest BCUT2D eigenvalue weighted by Crippen LogP contribution is -2.14. The first kappa shape index (κ1) is 13.0. The van der Waals surface area contributed by atoms with Crippen molar-refractivity contribution in [2.75, 3.05) is 5.32 Å². The zero-order valence-electron chi connectivity index (χ0n) is 10.1. The minimum absolute atomic E-state index is 0.176. The van der Waals surface area contributed by atoms with E-state index in [1.807, 2.05) is 0 Å². The van der Waals surface area contributed by atoms with Gasteiger partial charge in [-0.25, -0.2) is 4.39 Å². The molecule has 0 aliphatic carbocycles. The number of rotatable bonds is 4. The summed E-state index contributed by atoms with van der Waals surface area (Å²) in [6.45, 7) is 0. The molecule has 4 heteroatoms. The van der Waals surface area contributed by atoms with Gasteiger partial charge in [0.15, 0.2) is 0 Å². The average Bonchev–Trinajstić information content (AvgIpc) is 2.42. The van der Waals surface area contributed by atoms with Gasteiger partial charge in [0, 0.05) is 11.3 Å². The number of anilines is 1. The first-order chi connectivity index (χ1) is 9.17. The molecule has 2 rings (SSSR count). The Morgan fingerprint density at radius 2 is 1.68 bits per heavy atom. The quantitative estimate of drug-likeness (QED) is 0.856. The van der Waals surface area contributed by atoms with Crippen LogP contribution in [-0.4, -0.2) is 12.2 Å². The second kappa shape index (κ2) is 5.91. The molecule has 19 heavy (non-hydrogen) atoms. The third kappa shape index (κ3) is 3.74. The lowest BCUT2D eigenvalue weighted by molar-refractivity contribution is -0.115. The Bertz CT molecular complexity index is 576. The molecule has 0 unspecified atom stereocenters. The second-order valence-corrected chi connectivity index (χ2v) is 4.09. The molecule has 0 radical (unpaired) electrons. The molecule has 0 bridgehead atoms. The molecular weight excluding hydrogens is 245 g/mol. The van der Waals surface area contributed by atoms with Crippen LogP contribution < -0.4 is 5.32 Å². The Morgan fingerprint density at radius 3 is 2.26 bits per heavy atom. The fourth-order valence-electron chi connectivity index (χ4n) is 1.64. The van der Waals surface area contributed by atoms with Crippen molar-refractivity contribution in [2.45, 2.75) is 6.42 Å². The summed E-state index contributed by atoms with van der Waals surface area (Å²) >= 11 is 0. The van der Waals surface area contributed by atoms with E-state index in [4.69, 9.17) is 0 Å². The number of nitrogens with one attached hydrogen (secondary N) is 1. The molecule has 0 saturated heterocycles. The standard InChI is InChI=1S/C15H12FNO2/c16-13-5-1-11(2-6-13)9-15(19)17-14-7-3-12(10-18)4-8-14/h1-8,10H,9H2,(H,17,19). The van der Waals surface area contributed by atoms with Gasteiger partial charge in [-0.2, -0.15) is 0 Å². The summed E-state index contributed by atoms with van der Waals surface area (Å²) in [7, 11) is 0. The average molecular weight is 257 g/mol. The molecule has 96 valence electrons. The van der Waals surface area contributed by atoms with Crippen molar-refractivity contribution in [3.63, 3.8) is 0 Å². The Labute approximate surface area is 110 Å². The van der Waals surface area contributed by atoms with Crippen molar-refractivity contribution in [3.05, 3.63) is 65.5 Å². The molecule has 0 saturated carbocycles. The summed E-state index contributed by atoms with van der Waals surface area (Å²) in [5, 5.41) is 2.71. The molecule has 0 aliphatic heterocycles. The monoisotopic (exact) mass is 257 g/mol. The highest BCUT2D eigenvalue weighted by Gasteiger charge is 2.04. The third-order valence-corrected chi connectivity index (χ3v) is 2.61. The maximum atomic E-state index is 12.7. The molecule has 1 N–H and O–H groups in total. The van der Waals surface area contributed by atoms with Crippen LogP contribution in [0.3, 0.4) is 0 Å². The summed E-state index contributed by atoms with van der Waals surface area (Å²) in [6, 6.07) is 12.4. The van der Waals surface area contributed by atoms with Crippen LogP contribution in [0.2, 0.25) is 0 Å². The third-order valence-electron chi connectivity index (χ3n) is 2.61. The number of aldehydes is 1. The molecule has 1 amide bonds. The molecule has 0 spiro atoms. The molecule has 0 atom stereocenters. The van der Waals surface area contributed by atoms with Gasteiger partial charge in [0.25, 0.3) is 0 Å². The smallest absolute Gasteiger partial charge is 0.228 e. The predicted molar refractivity (Wildman–Crippen MR) is 70.6 cm³/mol. The van der Waals surface area contributed by atoms with Crippen molar-refractivity contribution in [1.82, 2.24) is 0 Å². The molecule has 0 heterocycles. The summed E-state index contributed by atoms with van der Waals surface area (Å²) < 4.78 is 12.7. The Hall–Kier alpha value is -2.49. The number of hydrogen-bond donors (Lipinski definition) is 1. The van der Waals surface area contributed by atoms with Crippen molar-refractivity contribution in [3.8, 4) is 0 Å². The molecule has 2 aromatic rings. The summed E-state index contributed by atoms with van der Waals surface area (Å²) in [6.07, 6.45) is 0.916. The zero-order valence-corrected chi connectivity index (χ0v) is 10.1. The molecule has 0 aliphatic rings. The van der Waals surface area contributed by atoms with E-state index < -0.39 is 0 Å². The normalized spacial score (nSPS) is 9.95. The highest BCUT2D eigenvalue weighted by Crippen LogP contribution is 2.10. The van der Waals surface area contributed by atoms with E-state index in [-0.39, 0.29) is 18.1 Å².